The Hall–Kier alpha value is -2.93. The molecule has 0 bridgehead atoms. The van der Waals surface area contributed by atoms with Crippen molar-refractivity contribution < 1.29 is 4.79 Å². The van der Waals surface area contributed by atoms with E-state index in [1.54, 1.807) is 22.9 Å². The van der Waals surface area contributed by atoms with Crippen molar-refractivity contribution in [3.05, 3.63) is 64.9 Å². The summed E-state index contributed by atoms with van der Waals surface area (Å²) < 4.78 is 1.65. The summed E-state index contributed by atoms with van der Waals surface area (Å²) in [6.45, 7) is 2.97. The Balaban J connectivity index is 1.79. The number of para-hydroxylation sites is 1. The zero-order valence-corrected chi connectivity index (χ0v) is 15.1. The molecule has 0 atom stereocenters. The molecule has 0 unspecified atom stereocenters. The van der Waals surface area contributed by atoms with Crippen LogP contribution in [0.15, 0.2) is 48.5 Å². The maximum atomic E-state index is 12.3. The Morgan fingerprint density at radius 1 is 1.19 bits per heavy atom. The van der Waals surface area contributed by atoms with Crippen LogP contribution in [0, 0.1) is 0 Å². The molecule has 134 valence electrons. The molecule has 1 aromatic heterocycles. The van der Waals surface area contributed by atoms with Gasteiger partial charge < -0.3 is 10.6 Å². The lowest BCUT2D eigenvalue weighted by molar-refractivity contribution is 0.0954. The van der Waals surface area contributed by atoms with E-state index in [2.05, 4.69) is 26.2 Å². The van der Waals surface area contributed by atoms with Gasteiger partial charge in [-0.2, -0.15) is 4.68 Å². The van der Waals surface area contributed by atoms with Gasteiger partial charge in [0.25, 0.3) is 5.91 Å². The lowest BCUT2D eigenvalue weighted by Gasteiger charge is -2.12. The summed E-state index contributed by atoms with van der Waals surface area (Å²) in [6, 6.07) is 14.7. The van der Waals surface area contributed by atoms with Crippen molar-refractivity contribution in [3.8, 4) is 5.69 Å². The van der Waals surface area contributed by atoms with Gasteiger partial charge in [0.2, 0.25) is 0 Å². The topological polar surface area (TPSA) is 84.7 Å². The molecular formula is C18H19ClN6O. The number of aromatic nitrogens is 4. The minimum Gasteiger partial charge on any atom is -0.377 e. The number of tetrazole rings is 1. The predicted octanol–water partition coefficient (Wildman–Crippen LogP) is 3.07. The zero-order valence-electron chi connectivity index (χ0n) is 14.3. The third-order valence-electron chi connectivity index (χ3n) is 3.73. The number of carbonyl (C=O) groups excluding carboxylic acids is 1. The number of hydrogen-bond donors (Lipinski definition) is 2. The molecule has 0 saturated heterocycles. The fourth-order valence-electron chi connectivity index (χ4n) is 2.45. The van der Waals surface area contributed by atoms with E-state index in [-0.39, 0.29) is 5.91 Å². The molecule has 0 saturated carbocycles. The molecule has 0 radical (unpaired) electrons. The van der Waals surface area contributed by atoms with Gasteiger partial charge in [0.15, 0.2) is 5.82 Å². The highest BCUT2D eigenvalue weighted by Gasteiger charge is 2.13. The van der Waals surface area contributed by atoms with Gasteiger partial charge in [0, 0.05) is 17.3 Å². The second kappa shape index (κ2) is 8.44. The van der Waals surface area contributed by atoms with Gasteiger partial charge in [0.05, 0.1) is 17.8 Å². The lowest BCUT2D eigenvalue weighted by atomic mass is 10.1. The van der Waals surface area contributed by atoms with Crippen LogP contribution in [0.3, 0.4) is 0 Å². The SMILES string of the molecule is CCCNC(=O)c1ccc(Cl)cc1NCc1nnnn1-c1ccccc1. The first kappa shape index (κ1) is 17.9. The average Bonchev–Trinajstić information content (AvgIpc) is 3.14. The fourth-order valence-corrected chi connectivity index (χ4v) is 2.63. The van der Waals surface area contributed by atoms with Gasteiger partial charge >= 0.3 is 0 Å². The van der Waals surface area contributed by atoms with E-state index in [0.29, 0.717) is 35.2 Å². The normalized spacial score (nSPS) is 10.5. The van der Waals surface area contributed by atoms with Crippen molar-refractivity contribution in [1.82, 2.24) is 25.5 Å². The molecule has 0 fully saturated rings. The third-order valence-corrected chi connectivity index (χ3v) is 3.97. The second-order valence-electron chi connectivity index (χ2n) is 5.64. The van der Waals surface area contributed by atoms with Gasteiger partial charge in [0.1, 0.15) is 0 Å². The summed E-state index contributed by atoms with van der Waals surface area (Å²) >= 11 is 6.10. The second-order valence-corrected chi connectivity index (χ2v) is 6.08. The van der Waals surface area contributed by atoms with Gasteiger partial charge in [-0.3, -0.25) is 4.79 Å². The molecule has 26 heavy (non-hydrogen) atoms. The quantitative estimate of drug-likeness (QED) is 0.667. The first-order valence-electron chi connectivity index (χ1n) is 8.33. The first-order chi connectivity index (χ1) is 12.7. The van der Waals surface area contributed by atoms with Crippen LogP contribution in [0.25, 0.3) is 5.69 Å². The number of rotatable bonds is 7. The highest BCUT2D eigenvalue weighted by Crippen LogP contribution is 2.22. The highest BCUT2D eigenvalue weighted by atomic mass is 35.5. The Kier molecular flexibility index (Phi) is 5.80. The van der Waals surface area contributed by atoms with Crippen molar-refractivity contribution in [3.63, 3.8) is 0 Å². The van der Waals surface area contributed by atoms with E-state index >= 15 is 0 Å². The minimum atomic E-state index is -0.145. The van der Waals surface area contributed by atoms with E-state index in [0.717, 1.165) is 12.1 Å². The Bertz CT molecular complexity index is 880. The van der Waals surface area contributed by atoms with E-state index in [9.17, 15) is 4.79 Å². The average molecular weight is 371 g/mol. The summed E-state index contributed by atoms with van der Waals surface area (Å²) in [6.07, 6.45) is 0.869. The van der Waals surface area contributed by atoms with Crippen LogP contribution in [-0.2, 0) is 6.54 Å². The molecule has 1 heterocycles. The number of benzene rings is 2. The van der Waals surface area contributed by atoms with Crippen LogP contribution < -0.4 is 10.6 Å². The molecule has 2 aromatic carbocycles. The maximum absolute atomic E-state index is 12.3. The fraction of sp³-hybridized carbons (Fsp3) is 0.222. The molecule has 8 heteroatoms. The number of carbonyl (C=O) groups is 1. The molecular weight excluding hydrogens is 352 g/mol. The summed E-state index contributed by atoms with van der Waals surface area (Å²) in [4.78, 5) is 12.3. The Morgan fingerprint density at radius 3 is 2.77 bits per heavy atom. The standard InChI is InChI=1S/C18H19ClN6O/c1-2-10-20-18(26)15-9-8-13(19)11-16(15)21-12-17-22-23-24-25(17)14-6-4-3-5-7-14/h3-9,11,21H,2,10,12H2,1H3,(H,20,26). The number of amides is 1. The van der Waals surface area contributed by atoms with Crippen molar-refractivity contribution in [1.29, 1.82) is 0 Å². The van der Waals surface area contributed by atoms with Crippen LogP contribution in [0.1, 0.15) is 29.5 Å². The monoisotopic (exact) mass is 370 g/mol. The summed E-state index contributed by atoms with van der Waals surface area (Å²) in [5.74, 6) is 0.477. The maximum Gasteiger partial charge on any atom is 0.253 e. The van der Waals surface area contributed by atoms with Crippen LogP contribution >= 0.6 is 11.6 Å². The van der Waals surface area contributed by atoms with E-state index in [1.165, 1.54) is 0 Å². The molecule has 1 amide bonds. The van der Waals surface area contributed by atoms with Crippen LogP contribution in [-0.4, -0.2) is 32.7 Å². The highest BCUT2D eigenvalue weighted by molar-refractivity contribution is 6.31. The van der Waals surface area contributed by atoms with Crippen molar-refractivity contribution in [2.45, 2.75) is 19.9 Å². The first-order valence-corrected chi connectivity index (χ1v) is 8.71. The van der Waals surface area contributed by atoms with E-state index in [4.69, 9.17) is 11.6 Å². The number of halogens is 1. The Labute approximate surface area is 156 Å². The van der Waals surface area contributed by atoms with E-state index in [1.807, 2.05) is 37.3 Å². The molecule has 0 spiro atoms. The predicted molar refractivity (Wildman–Crippen MR) is 101 cm³/mol. The summed E-state index contributed by atoms with van der Waals surface area (Å²) in [5, 5.41) is 18.5. The van der Waals surface area contributed by atoms with Crippen molar-refractivity contribution >= 4 is 23.2 Å². The van der Waals surface area contributed by atoms with E-state index < -0.39 is 0 Å². The van der Waals surface area contributed by atoms with Gasteiger partial charge in [-0.1, -0.05) is 36.7 Å². The third kappa shape index (κ3) is 4.18. The lowest BCUT2D eigenvalue weighted by Crippen LogP contribution is -2.25. The number of nitrogens with zero attached hydrogens (tertiary/aromatic N) is 4. The molecule has 3 aromatic rings. The smallest absolute Gasteiger partial charge is 0.253 e. The van der Waals surface area contributed by atoms with Crippen LogP contribution in [0.2, 0.25) is 5.02 Å². The van der Waals surface area contributed by atoms with Crippen molar-refractivity contribution in [2.75, 3.05) is 11.9 Å². The van der Waals surface area contributed by atoms with Crippen LogP contribution in [0.4, 0.5) is 5.69 Å². The number of anilines is 1. The molecule has 2 N–H and O–H groups in total. The largest absolute Gasteiger partial charge is 0.377 e. The number of nitrogens with one attached hydrogen (secondary N) is 2. The number of hydrogen-bond acceptors (Lipinski definition) is 5. The minimum absolute atomic E-state index is 0.145. The van der Waals surface area contributed by atoms with Gasteiger partial charge in [-0.15, -0.1) is 5.10 Å². The molecule has 0 aliphatic rings. The van der Waals surface area contributed by atoms with Gasteiger partial charge in [-0.25, -0.2) is 0 Å². The molecule has 3 rings (SSSR count). The zero-order chi connectivity index (χ0) is 18.4. The van der Waals surface area contributed by atoms with Crippen LogP contribution in [0.5, 0.6) is 0 Å². The Morgan fingerprint density at radius 2 is 2.00 bits per heavy atom. The molecule has 0 aliphatic carbocycles. The van der Waals surface area contributed by atoms with Crippen molar-refractivity contribution in [2.24, 2.45) is 0 Å². The molecule has 0 aliphatic heterocycles. The van der Waals surface area contributed by atoms with Gasteiger partial charge in [-0.05, 0) is 47.2 Å². The molecule has 7 nitrogen and oxygen atoms in total. The summed E-state index contributed by atoms with van der Waals surface area (Å²) in [5.41, 5.74) is 2.02. The summed E-state index contributed by atoms with van der Waals surface area (Å²) in [7, 11) is 0.